The van der Waals surface area contributed by atoms with Crippen LogP contribution < -0.4 is 11.1 Å². The van der Waals surface area contributed by atoms with Gasteiger partial charge in [0, 0.05) is 30.8 Å². The normalized spacial score (nSPS) is 16.7. The zero-order chi connectivity index (χ0) is 21.8. The minimum absolute atomic E-state index is 0.0985. The number of allylic oxidation sites excluding steroid dienone is 1. The Labute approximate surface area is 171 Å². The third-order valence-electron chi connectivity index (χ3n) is 4.81. The van der Waals surface area contributed by atoms with Crippen LogP contribution in [0.4, 0.5) is 13.2 Å². The molecule has 2 aromatic rings. The zero-order valence-electron chi connectivity index (χ0n) is 16.2. The van der Waals surface area contributed by atoms with Crippen LogP contribution in [0.2, 0.25) is 0 Å². The molecule has 0 radical (unpaired) electrons. The number of benzene rings is 2. The molecule has 2 aromatic carbocycles. The van der Waals surface area contributed by atoms with E-state index in [0.29, 0.717) is 23.3 Å². The Balaban J connectivity index is 1.99. The highest BCUT2D eigenvalue weighted by Gasteiger charge is 2.29. The van der Waals surface area contributed by atoms with Crippen molar-refractivity contribution in [3.05, 3.63) is 82.8 Å². The fourth-order valence-electron chi connectivity index (χ4n) is 3.57. The molecule has 0 spiro atoms. The monoisotopic (exact) mass is 415 g/mol. The molecule has 0 saturated heterocycles. The van der Waals surface area contributed by atoms with Crippen molar-refractivity contribution in [3.63, 3.8) is 0 Å². The molecule has 30 heavy (non-hydrogen) atoms. The topological polar surface area (TPSA) is 84.6 Å². The van der Waals surface area contributed by atoms with Crippen LogP contribution in [0.15, 0.2) is 53.7 Å². The van der Waals surface area contributed by atoms with E-state index in [0.717, 1.165) is 12.1 Å². The molecular formula is C22H20F3N3O2. The summed E-state index contributed by atoms with van der Waals surface area (Å²) >= 11 is 0. The van der Waals surface area contributed by atoms with Gasteiger partial charge in [-0.3, -0.25) is 14.6 Å². The maximum absolute atomic E-state index is 13.9. The first-order valence-electron chi connectivity index (χ1n) is 9.28. The van der Waals surface area contributed by atoms with E-state index in [1.165, 1.54) is 31.2 Å². The maximum Gasteiger partial charge on any atom is 0.251 e. The molecule has 0 bridgehead atoms. The Morgan fingerprint density at radius 2 is 1.87 bits per heavy atom. The standard InChI is InChI=1S/C22H20F3N3O2/c1-12(29)28-20(9-13-7-15(23)11-16(24)8-13)21-17(3-2-6-27-21)14-4-5-19(25)18(10-14)22(26)30/h2,4-8,10-11,17,20H,3,9H2,1H3,(H2,26,30)(H,28,29)/t17?,20-/m0/s1. The number of carbonyl (C=O) groups is 2. The van der Waals surface area contributed by atoms with Gasteiger partial charge in [-0.05, 0) is 48.2 Å². The summed E-state index contributed by atoms with van der Waals surface area (Å²) in [6, 6.07) is 6.52. The Morgan fingerprint density at radius 1 is 1.17 bits per heavy atom. The minimum Gasteiger partial charge on any atom is -0.366 e. The van der Waals surface area contributed by atoms with E-state index in [9.17, 15) is 22.8 Å². The molecule has 0 fully saturated rings. The lowest BCUT2D eigenvalue weighted by Gasteiger charge is -2.28. The molecule has 8 heteroatoms. The number of primary amides is 1. The summed E-state index contributed by atoms with van der Waals surface area (Å²) in [5, 5.41) is 2.77. The van der Waals surface area contributed by atoms with Crippen molar-refractivity contribution >= 4 is 17.5 Å². The molecule has 1 aliphatic heterocycles. The minimum atomic E-state index is -0.896. The van der Waals surface area contributed by atoms with Gasteiger partial charge in [-0.2, -0.15) is 0 Å². The third kappa shape index (κ3) is 4.94. The summed E-state index contributed by atoms with van der Waals surface area (Å²) in [6.07, 6.45) is 3.96. The molecule has 1 unspecified atom stereocenters. The van der Waals surface area contributed by atoms with Crippen LogP contribution in [0.3, 0.4) is 0 Å². The number of carbonyl (C=O) groups excluding carboxylic acids is 2. The lowest BCUT2D eigenvalue weighted by Crippen LogP contribution is -2.44. The highest BCUT2D eigenvalue weighted by atomic mass is 19.1. The van der Waals surface area contributed by atoms with Gasteiger partial charge in [0.1, 0.15) is 17.5 Å². The van der Waals surface area contributed by atoms with Crippen molar-refractivity contribution in [1.29, 1.82) is 0 Å². The summed E-state index contributed by atoms with van der Waals surface area (Å²) in [5.41, 5.74) is 6.47. The lowest BCUT2D eigenvalue weighted by molar-refractivity contribution is -0.119. The molecular weight excluding hydrogens is 395 g/mol. The predicted molar refractivity (Wildman–Crippen MR) is 107 cm³/mol. The van der Waals surface area contributed by atoms with Gasteiger partial charge >= 0.3 is 0 Å². The summed E-state index contributed by atoms with van der Waals surface area (Å²) in [5.74, 6) is -3.80. The van der Waals surface area contributed by atoms with E-state index in [1.807, 2.05) is 0 Å². The summed E-state index contributed by atoms with van der Waals surface area (Å²) in [6.45, 7) is 1.33. The number of nitrogens with zero attached hydrogens (tertiary/aromatic N) is 1. The van der Waals surface area contributed by atoms with Crippen LogP contribution in [0.5, 0.6) is 0 Å². The quantitative estimate of drug-likeness (QED) is 0.758. The number of hydrogen-bond donors (Lipinski definition) is 2. The van der Waals surface area contributed by atoms with Crippen LogP contribution >= 0.6 is 0 Å². The Kier molecular flexibility index (Phi) is 6.34. The lowest BCUT2D eigenvalue weighted by atomic mass is 9.83. The van der Waals surface area contributed by atoms with Crippen molar-refractivity contribution in [2.24, 2.45) is 10.7 Å². The molecule has 0 aromatic heterocycles. The number of halogens is 3. The predicted octanol–water partition coefficient (Wildman–Crippen LogP) is 3.39. The van der Waals surface area contributed by atoms with Gasteiger partial charge in [-0.15, -0.1) is 0 Å². The molecule has 3 rings (SSSR count). The number of aliphatic imine (C=N–C) groups is 1. The zero-order valence-corrected chi connectivity index (χ0v) is 16.2. The second-order valence-electron chi connectivity index (χ2n) is 7.07. The molecule has 3 N–H and O–H groups in total. The molecule has 0 aliphatic carbocycles. The van der Waals surface area contributed by atoms with Crippen LogP contribution in [0.25, 0.3) is 0 Å². The highest BCUT2D eigenvalue weighted by Crippen LogP contribution is 2.29. The Bertz CT molecular complexity index is 1030. The third-order valence-corrected chi connectivity index (χ3v) is 4.81. The highest BCUT2D eigenvalue weighted by molar-refractivity contribution is 5.99. The van der Waals surface area contributed by atoms with Crippen molar-refractivity contribution < 1.29 is 22.8 Å². The van der Waals surface area contributed by atoms with Gasteiger partial charge in [-0.25, -0.2) is 13.2 Å². The Morgan fingerprint density at radius 3 is 2.50 bits per heavy atom. The number of nitrogens with one attached hydrogen (secondary N) is 1. The molecule has 0 saturated carbocycles. The smallest absolute Gasteiger partial charge is 0.251 e. The Hall–Kier alpha value is -3.42. The number of hydrogen-bond acceptors (Lipinski definition) is 3. The molecule has 1 heterocycles. The summed E-state index contributed by atoms with van der Waals surface area (Å²) < 4.78 is 41.2. The van der Waals surface area contributed by atoms with E-state index in [-0.39, 0.29) is 23.8 Å². The van der Waals surface area contributed by atoms with Gasteiger partial charge in [0.15, 0.2) is 0 Å². The van der Waals surface area contributed by atoms with Crippen LogP contribution in [-0.4, -0.2) is 23.6 Å². The van der Waals surface area contributed by atoms with Crippen molar-refractivity contribution in [2.45, 2.75) is 31.7 Å². The second-order valence-corrected chi connectivity index (χ2v) is 7.07. The van der Waals surface area contributed by atoms with E-state index in [1.54, 1.807) is 12.3 Å². The number of rotatable bonds is 6. The van der Waals surface area contributed by atoms with E-state index < -0.39 is 29.4 Å². The fourth-order valence-corrected chi connectivity index (χ4v) is 3.57. The fraction of sp³-hybridized carbons (Fsp3) is 0.227. The van der Waals surface area contributed by atoms with Crippen molar-refractivity contribution in [3.8, 4) is 0 Å². The van der Waals surface area contributed by atoms with E-state index >= 15 is 0 Å². The first-order chi connectivity index (χ1) is 14.2. The average molecular weight is 415 g/mol. The maximum atomic E-state index is 13.9. The number of nitrogens with two attached hydrogens (primary N) is 1. The molecule has 2 amide bonds. The van der Waals surface area contributed by atoms with Crippen LogP contribution in [0.1, 0.15) is 40.7 Å². The molecule has 156 valence electrons. The van der Waals surface area contributed by atoms with Gasteiger partial charge in [0.2, 0.25) is 5.91 Å². The van der Waals surface area contributed by atoms with Gasteiger partial charge in [-0.1, -0.05) is 12.1 Å². The summed E-state index contributed by atoms with van der Waals surface area (Å²) in [7, 11) is 0. The van der Waals surface area contributed by atoms with Crippen LogP contribution in [0, 0.1) is 17.5 Å². The van der Waals surface area contributed by atoms with Crippen LogP contribution in [-0.2, 0) is 11.2 Å². The van der Waals surface area contributed by atoms with Crippen molar-refractivity contribution in [2.75, 3.05) is 0 Å². The second kappa shape index (κ2) is 8.94. The first kappa shape index (κ1) is 21.3. The van der Waals surface area contributed by atoms with Gasteiger partial charge in [0.25, 0.3) is 5.91 Å². The van der Waals surface area contributed by atoms with Gasteiger partial charge < -0.3 is 11.1 Å². The van der Waals surface area contributed by atoms with E-state index in [2.05, 4.69) is 10.3 Å². The average Bonchev–Trinajstić information content (AvgIpc) is 2.66. The molecule has 1 aliphatic rings. The van der Waals surface area contributed by atoms with E-state index in [4.69, 9.17) is 5.73 Å². The largest absolute Gasteiger partial charge is 0.366 e. The SMILES string of the molecule is CC(=O)N[C@@H](Cc1cc(F)cc(F)c1)C1=NC=CCC1c1ccc(F)c(C(N)=O)c1. The number of amides is 2. The molecule has 5 nitrogen and oxygen atoms in total. The first-order valence-corrected chi connectivity index (χ1v) is 9.28. The van der Waals surface area contributed by atoms with Gasteiger partial charge in [0.05, 0.1) is 11.6 Å². The summed E-state index contributed by atoms with van der Waals surface area (Å²) in [4.78, 5) is 27.7. The van der Waals surface area contributed by atoms with Crippen molar-refractivity contribution in [1.82, 2.24) is 5.32 Å². The molecule has 2 atom stereocenters.